The van der Waals surface area contributed by atoms with Crippen LogP contribution in [0.25, 0.3) is 22.8 Å². The Balaban J connectivity index is 2.03. The monoisotopic (exact) mass is 293 g/mol. The zero-order valence-electron chi connectivity index (χ0n) is 12.3. The molecule has 22 heavy (non-hydrogen) atoms. The first kappa shape index (κ1) is 14.0. The Morgan fingerprint density at radius 1 is 1.14 bits per heavy atom. The summed E-state index contributed by atoms with van der Waals surface area (Å²) in [4.78, 5) is 16.3. The van der Waals surface area contributed by atoms with Gasteiger partial charge in [-0.3, -0.25) is 4.79 Å². The van der Waals surface area contributed by atoms with Crippen molar-refractivity contribution < 1.29 is 9.32 Å². The van der Waals surface area contributed by atoms with Crippen LogP contribution in [0.4, 0.5) is 0 Å². The molecule has 0 aliphatic heterocycles. The van der Waals surface area contributed by atoms with Crippen LogP contribution in [0.3, 0.4) is 0 Å². The minimum Gasteiger partial charge on any atom is -0.355 e. The minimum atomic E-state index is -0.189. The number of carbonyl (C=O) groups excluding carboxylic acids is 1. The second kappa shape index (κ2) is 5.81. The first-order valence-electron chi connectivity index (χ1n) is 6.91. The van der Waals surface area contributed by atoms with E-state index in [1.807, 2.05) is 37.3 Å². The third-order valence-corrected chi connectivity index (χ3v) is 3.33. The van der Waals surface area contributed by atoms with E-state index >= 15 is 0 Å². The summed E-state index contributed by atoms with van der Waals surface area (Å²) in [5.41, 5.74) is 3.12. The van der Waals surface area contributed by atoms with Crippen LogP contribution in [0.1, 0.15) is 15.9 Å². The molecule has 0 saturated carbocycles. The maximum atomic E-state index is 11.9. The number of nitrogens with zero attached hydrogens (tertiary/aromatic N) is 2. The van der Waals surface area contributed by atoms with Crippen LogP contribution in [0.15, 0.2) is 53.1 Å². The van der Waals surface area contributed by atoms with Crippen LogP contribution in [0.5, 0.6) is 0 Å². The van der Waals surface area contributed by atoms with E-state index in [0.717, 1.165) is 11.1 Å². The maximum absolute atomic E-state index is 11.9. The maximum Gasteiger partial charge on any atom is 0.259 e. The molecule has 1 amide bonds. The SMILES string of the molecule is CNC(=O)c1ccccc1-c1nc(-c2cccc(C)c2)no1. The molecule has 0 aliphatic rings. The van der Waals surface area contributed by atoms with Gasteiger partial charge in [-0.2, -0.15) is 4.98 Å². The van der Waals surface area contributed by atoms with E-state index in [4.69, 9.17) is 4.52 Å². The fourth-order valence-corrected chi connectivity index (χ4v) is 2.24. The lowest BCUT2D eigenvalue weighted by molar-refractivity contribution is 0.0963. The summed E-state index contributed by atoms with van der Waals surface area (Å²) in [6, 6.07) is 15.0. The molecule has 0 atom stereocenters. The van der Waals surface area contributed by atoms with E-state index in [9.17, 15) is 4.79 Å². The van der Waals surface area contributed by atoms with E-state index in [2.05, 4.69) is 15.5 Å². The molecule has 3 aromatic rings. The van der Waals surface area contributed by atoms with Crippen molar-refractivity contribution in [3.05, 3.63) is 59.7 Å². The number of amides is 1. The Labute approximate surface area is 128 Å². The van der Waals surface area contributed by atoms with Gasteiger partial charge in [-0.25, -0.2) is 0 Å². The molecule has 1 N–H and O–H groups in total. The van der Waals surface area contributed by atoms with Crippen molar-refractivity contribution in [1.29, 1.82) is 0 Å². The van der Waals surface area contributed by atoms with Crippen LogP contribution in [0.2, 0.25) is 0 Å². The van der Waals surface area contributed by atoms with Gasteiger partial charge in [0.1, 0.15) is 0 Å². The molecule has 1 heterocycles. The molecule has 0 saturated heterocycles. The Bertz CT molecular complexity index is 824. The highest BCUT2D eigenvalue weighted by atomic mass is 16.5. The first-order chi connectivity index (χ1) is 10.7. The molecule has 3 rings (SSSR count). The Morgan fingerprint density at radius 2 is 1.95 bits per heavy atom. The van der Waals surface area contributed by atoms with Crippen LogP contribution in [-0.2, 0) is 0 Å². The van der Waals surface area contributed by atoms with Crippen LogP contribution < -0.4 is 5.32 Å². The molecule has 0 radical (unpaired) electrons. The van der Waals surface area contributed by atoms with Gasteiger partial charge in [0.05, 0.1) is 11.1 Å². The highest BCUT2D eigenvalue weighted by Gasteiger charge is 2.17. The third-order valence-electron chi connectivity index (χ3n) is 3.33. The van der Waals surface area contributed by atoms with E-state index in [-0.39, 0.29) is 5.91 Å². The van der Waals surface area contributed by atoms with Gasteiger partial charge in [0.2, 0.25) is 5.82 Å². The minimum absolute atomic E-state index is 0.189. The Kier molecular flexibility index (Phi) is 3.70. The van der Waals surface area contributed by atoms with Crippen molar-refractivity contribution in [1.82, 2.24) is 15.5 Å². The summed E-state index contributed by atoms with van der Waals surface area (Å²) < 4.78 is 5.34. The van der Waals surface area contributed by atoms with Gasteiger partial charge in [0.25, 0.3) is 11.8 Å². The molecule has 2 aromatic carbocycles. The number of aryl methyl sites for hydroxylation is 1. The van der Waals surface area contributed by atoms with Gasteiger partial charge in [0, 0.05) is 12.6 Å². The average molecular weight is 293 g/mol. The molecule has 110 valence electrons. The van der Waals surface area contributed by atoms with E-state index in [1.165, 1.54) is 0 Å². The Morgan fingerprint density at radius 3 is 2.73 bits per heavy atom. The molecule has 5 nitrogen and oxygen atoms in total. The van der Waals surface area contributed by atoms with Crippen molar-refractivity contribution in [3.8, 4) is 22.8 Å². The summed E-state index contributed by atoms with van der Waals surface area (Å²) in [7, 11) is 1.59. The number of carbonyl (C=O) groups is 1. The first-order valence-corrected chi connectivity index (χ1v) is 6.91. The molecule has 1 aromatic heterocycles. The topological polar surface area (TPSA) is 68.0 Å². The lowest BCUT2D eigenvalue weighted by atomic mass is 10.1. The van der Waals surface area contributed by atoms with Crippen molar-refractivity contribution in [2.24, 2.45) is 0 Å². The number of rotatable bonds is 3. The number of nitrogens with one attached hydrogen (secondary N) is 1. The summed E-state index contributed by atoms with van der Waals surface area (Å²) in [5.74, 6) is 0.645. The summed E-state index contributed by atoms with van der Waals surface area (Å²) >= 11 is 0. The zero-order chi connectivity index (χ0) is 15.5. The molecule has 0 unspecified atom stereocenters. The van der Waals surface area contributed by atoms with Crippen molar-refractivity contribution in [2.75, 3.05) is 7.05 Å². The lowest BCUT2D eigenvalue weighted by Crippen LogP contribution is -2.18. The number of hydrogen-bond acceptors (Lipinski definition) is 4. The van der Waals surface area contributed by atoms with Crippen LogP contribution in [0, 0.1) is 6.92 Å². The Hall–Kier alpha value is -2.95. The van der Waals surface area contributed by atoms with Gasteiger partial charge in [-0.1, -0.05) is 41.1 Å². The average Bonchev–Trinajstić information content (AvgIpc) is 3.04. The van der Waals surface area contributed by atoms with E-state index in [0.29, 0.717) is 22.8 Å². The number of aromatic nitrogens is 2. The summed E-state index contributed by atoms with van der Waals surface area (Å²) in [6.07, 6.45) is 0. The fourth-order valence-electron chi connectivity index (χ4n) is 2.24. The fraction of sp³-hybridized carbons (Fsp3) is 0.118. The second-order valence-corrected chi connectivity index (χ2v) is 4.92. The van der Waals surface area contributed by atoms with Crippen LogP contribution in [-0.4, -0.2) is 23.1 Å². The highest BCUT2D eigenvalue weighted by Crippen LogP contribution is 2.25. The molecular formula is C17H15N3O2. The van der Waals surface area contributed by atoms with Crippen molar-refractivity contribution in [2.45, 2.75) is 6.92 Å². The quantitative estimate of drug-likeness (QED) is 0.805. The van der Waals surface area contributed by atoms with Crippen molar-refractivity contribution in [3.63, 3.8) is 0 Å². The van der Waals surface area contributed by atoms with Gasteiger partial charge in [0.15, 0.2) is 0 Å². The van der Waals surface area contributed by atoms with Gasteiger partial charge >= 0.3 is 0 Å². The second-order valence-electron chi connectivity index (χ2n) is 4.92. The largest absolute Gasteiger partial charge is 0.355 e. The molecule has 0 fully saturated rings. The standard InChI is InChI=1S/C17H15N3O2/c1-11-6-5-7-12(10-11)15-19-17(22-20-15)14-9-4-3-8-13(14)16(21)18-2/h3-10H,1-2H3,(H,18,21). The van der Waals surface area contributed by atoms with Gasteiger partial charge < -0.3 is 9.84 Å². The normalized spacial score (nSPS) is 10.5. The van der Waals surface area contributed by atoms with Gasteiger partial charge in [-0.15, -0.1) is 0 Å². The van der Waals surface area contributed by atoms with E-state index in [1.54, 1.807) is 25.2 Å². The predicted octanol–water partition coefficient (Wildman–Crippen LogP) is 3.07. The molecule has 0 bridgehead atoms. The highest BCUT2D eigenvalue weighted by molar-refractivity contribution is 5.99. The van der Waals surface area contributed by atoms with Gasteiger partial charge in [-0.05, 0) is 25.1 Å². The molecule has 5 heteroatoms. The van der Waals surface area contributed by atoms with Crippen molar-refractivity contribution >= 4 is 5.91 Å². The predicted molar refractivity (Wildman–Crippen MR) is 83.3 cm³/mol. The van der Waals surface area contributed by atoms with E-state index < -0.39 is 0 Å². The molecule has 0 spiro atoms. The molecule has 0 aliphatic carbocycles. The molecular weight excluding hydrogens is 278 g/mol. The summed E-state index contributed by atoms with van der Waals surface area (Å²) in [5, 5.41) is 6.62. The smallest absolute Gasteiger partial charge is 0.259 e. The van der Waals surface area contributed by atoms with Crippen LogP contribution >= 0.6 is 0 Å². The number of hydrogen-bond donors (Lipinski definition) is 1. The number of benzene rings is 2. The lowest BCUT2D eigenvalue weighted by Gasteiger charge is -2.03. The summed E-state index contributed by atoms with van der Waals surface area (Å²) in [6.45, 7) is 2.01. The third kappa shape index (κ3) is 2.61. The zero-order valence-corrected chi connectivity index (χ0v) is 12.3.